The highest BCUT2D eigenvalue weighted by atomic mass is 32.9. The van der Waals surface area contributed by atoms with Gasteiger partial charge in [-0.15, -0.1) is 10.1 Å². The lowest BCUT2D eigenvalue weighted by molar-refractivity contribution is 0.439. The van der Waals surface area contributed by atoms with Gasteiger partial charge in [-0.3, -0.25) is 0 Å². The topological polar surface area (TPSA) is 40.5 Å². The molecule has 23 heavy (non-hydrogen) atoms. The predicted octanol–water partition coefficient (Wildman–Crippen LogP) is 6.12. The minimum Gasteiger partial charge on any atom is -0.341 e. The van der Waals surface area contributed by atoms with Crippen molar-refractivity contribution in [2.24, 2.45) is 23.7 Å². The maximum absolute atomic E-state index is 10.2. The molecule has 0 rings (SSSR count). The summed E-state index contributed by atoms with van der Waals surface area (Å²) < 4.78 is 0. The van der Waals surface area contributed by atoms with Crippen molar-refractivity contribution in [1.29, 1.82) is 0 Å². The number of rotatable bonds is 12. The quantitative estimate of drug-likeness (QED) is 0.280. The molecule has 0 bridgehead atoms. The third-order valence-corrected chi connectivity index (χ3v) is 12.7. The average Bonchev–Trinajstić information content (AvgIpc) is 2.48. The Balaban J connectivity index is 4.56. The first kappa shape index (κ1) is 24.1. The Morgan fingerprint density at radius 3 is 1.30 bits per heavy atom. The Hall–Kier alpha value is 1.05. The van der Waals surface area contributed by atoms with Crippen LogP contribution in [0.3, 0.4) is 0 Å². The SMILES string of the molecule is CCC(C)CCC(C)CS(CC(C)CCC(C)CC)=P(O)(O)S. The molecule has 4 atom stereocenters. The van der Waals surface area contributed by atoms with Crippen LogP contribution >= 0.6 is 17.9 Å². The third kappa shape index (κ3) is 12.1. The molecule has 0 aromatic carbocycles. The van der Waals surface area contributed by atoms with Crippen molar-refractivity contribution in [2.75, 3.05) is 11.5 Å². The second kappa shape index (κ2) is 12.4. The third-order valence-electron chi connectivity index (χ3n) is 5.00. The number of hydrogen-bond acceptors (Lipinski definition) is 0. The summed E-state index contributed by atoms with van der Waals surface area (Å²) in [6.45, 7) is 13.6. The molecule has 4 unspecified atom stereocenters. The normalized spacial score (nSPS) is 19.2. The second-order valence-electron chi connectivity index (χ2n) is 7.70. The fraction of sp³-hybridized carbons (Fsp3) is 1.00. The predicted molar refractivity (Wildman–Crippen MR) is 113 cm³/mol. The Morgan fingerprint density at radius 2 is 1.04 bits per heavy atom. The van der Waals surface area contributed by atoms with Gasteiger partial charge in [0.05, 0.1) is 0 Å². The molecule has 5 heteroatoms. The van der Waals surface area contributed by atoms with Crippen LogP contribution in [0.2, 0.25) is 0 Å². The van der Waals surface area contributed by atoms with Crippen LogP contribution in [0.4, 0.5) is 0 Å². The summed E-state index contributed by atoms with van der Waals surface area (Å²) in [4.78, 5) is 20.3. The van der Waals surface area contributed by atoms with Gasteiger partial charge in [0, 0.05) is 0 Å². The van der Waals surface area contributed by atoms with Crippen molar-refractivity contribution >= 4 is 28.0 Å². The van der Waals surface area contributed by atoms with Crippen LogP contribution in [-0.2, 0) is 10.1 Å². The van der Waals surface area contributed by atoms with E-state index in [-0.39, 0.29) is 10.1 Å². The summed E-state index contributed by atoms with van der Waals surface area (Å²) in [6, 6.07) is 0. The van der Waals surface area contributed by atoms with Gasteiger partial charge in [-0.1, -0.05) is 79.5 Å². The molecular weight excluding hydrogens is 343 g/mol. The van der Waals surface area contributed by atoms with Gasteiger partial charge in [-0.2, -0.15) is 0 Å². The van der Waals surface area contributed by atoms with Gasteiger partial charge >= 0.3 is 0 Å². The first-order valence-corrected chi connectivity index (χ1v) is 14.4. The highest BCUT2D eigenvalue weighted by molar-refractivity contribution is 8.65. The summed E-state index contributed by atoms with van der Waals surface area (Å²) >= 11 is 4.19. The number of hydrogen-bond donors (Lipinski definition) is 3. The molecule has 142 valence electrons. The van der Waals surface area contributed by atoms with Crippen LogP contribution in [0.15, 0.2) is 0 Å². The van der Waals surface area contributed by atoms with Crippen LogP contribution in [0.1, 0.15) is 80.1 Å². The fourth-order valence-corrected chi connectivity index (χ4v) is 8.75. The maximum atomic E-state index is 10.2. The summed E-state index contributed by atoms with van der Waals surface area (Å²) in [6.07, 6.45) is 7.32. The van der Waals surface area contributed by atoms with Crippen molar-refractivity contribution < 1.29 is 9.79 Å². The highest BCUT2D eigenvalue weighted by Crippen LogP contribution is 2.48. The summed E-state index contributed by atoms with van der Waals surface area (Å²) in [7, 11) is -0.349. The molecule has 0 saturated heterocycles. The van der Waals surface area contributed by atoms with Crippen LogP contribution in [-0.4, -0.2) is 21.3 Å². The molecule has 0 spiro atoms. The van der Waals surface area contributed by atoms with E-state index in [0.717, 1.165) is 23.3 Å². The van der Waals surface area contributed by atoms with Crippen molar-refractivity contribution in [3.63, 3.8) is 0 Å². The van der Waals surface area contributed by atoms with Gasteiger partial charge in [0.25, 0.3) is 0 Å². The zero-order chi connectivity index (χ0) is 18.0. The van der Waals surface area contributed by atoms with Crippen molar-refractivity contribution in [3.8, 4) is 0 Å². The van der Waals surface area contributed by atoms with E-state index in [1.165, 1.54) is 38.5 Å². The van der Waals surface area contributed by atoms with Gasteiger partial charge in [0.15, 0.2) is 5.69 Å². The smallest absolute Gasteiger partial charge is 0.198 e. The van der Waals surface area contributed by atoms with Crippen LogP contribution in [0.25, 0.3) is 0 Å². The Labute approximate surface area is 153 Å². The average molecular weight is 385 g/mol. The molecular formula is C18H41O2PS2. The Kier molecular flexibility index (Phi) is 13.0. The van der Waals surface area contributed by atoms with Gasteiger partial charge in [0.1, 0.15) is 0 Å². The van der Waals surface area contributed by atoms with E-state index in [0.29, 0.717) is 11.8 Å². The molecule has 0 fully saturated rings. The first-order valence-electron chi connectivity index (χ1n) is 9.35. The van der Waals surface area contributed by atoms with Crippen molar-refractivity contribution in [1.82, 2.24) is 0 Å². The van der Waals surface area contributed by atoms with E-state index in [1.807, 2.05) is 0 Å². The molecule has 0 aliphatic heterocycles. The maximum Gasteiger partial charge on any atom is 0.198 e. The van der Waals surface area contributed by atoms with Crippen molar-refractivity contribution in [2.45, 2.75) is 80.1 Å². The van der Waals surface area contributed by atoms with Crippen molar-refractivity contribution in [3.05, 3.63) is 0 Å². The molecule has 0 amide bonds. The van der Waals surface area contributed by atoms with E-state index >= 15 is 0 Å². The summed E-state index contributed by atoms with van der Waals surface area (Å²) in [5.74, 6) is 4.50. The largest absolute Gasteiger partial charge is 0.341 e. The zero-order valence-electron chi connectivity index (χ0n) is 16.2. The Bertz CT molecular complexity index is 336. The lowest BCUT2D eigenvalue weighted by Gasteiger charge is -2.24. The summed E-state index contributed by atoms with van der Waals surface area (Å²) in [5.41, 5.74) is -3.02. The van der Waals surface area contributed by atoms with Gasteiger partial charge < -0.3 is 9.79 Å². The molecule has 0 saturated carbocycles. The van der Waals surface area contributed by atoms with Gasteiger partial charge in [-0.05, 0) is 48.0 Å². The first-order chi connectivity index (χ1) is 10.6. The van der Waals surface area contributed by atoms with Gasteiger partial charge in [0.2, 0.25) is 0 Å². The molecule has 0 radical (unpaired) electrons. The Morgan fingerprint density at radius 1 is 0.739 bits per heavy atom. The zero-order valence-corrected chi connectivity index (χ0v) is 18.8. The monoisotopic (exact) mass is 384 g/mol. The minimum atomic E-state index is -3.02. The molecule has 0 heterocycles. The highest BCUT2D eigenvalue weighted by Gasteiger charge is 2.18. The standard InChI is InChI=1S/C18H41O2PS2/c1-7-15(3)9-11-17(5)13-23(21(19,20)22)14-18(6)12-10-16(4)8-2/h15-20,22H,7-14H2,1-6H3. The van der Waals surface area contributed by atoms with E-state index < -0.39 is 5.69 Å². The van der Waals surface area contributed by atoms with Gasteiger partial charge in [-0.25, -0.2) is 0 Å². The molecule has 2 nitrogen and oxygen atoms in total. The lowest BCUT2D eigenvalue weighted by Crippen LogP contribution is -2.17. The van der Waals surface area contributed by atoms with Crippen LogP contribution in [0.5, 0.6) is 0 Å². The van der Waals surface area contributed by atoms with E-state index in [2.05, 4.69) is 53.8 Å². The number of thiol groups is 1. The van der Waals surface area contributed by atoms with E-state index in [1.54, 1.807) is 0 Å². The molecule has 2 N–H and O–H groups in total. The second-order valence-corrected chi connectivity index (χ2v) is 15.9. The molecule has 0 aliphatic rings. The van der Waals surface area contributed by atoms with E-state index in [4.69, 9.17) is 0 Å². The van der Waals surface area contributed by atoms with Crippen LogP contribution < -0.4 is 0 Å². The molecule has 0 aliphatic carbocycles. The lowest BCUT2D eigenvalue weighted by atomic mass is 9.97. The summed E-state index contributed by atoms with van der Waals surface area (Å²) in [5, 5.41) is 0. The minimum absolute atomic E-state index is 0.349. The molecule has 0 aromatic heterocycles. The fourth-order valence-electron chi connectivity index (χ4n) is 2.64. The van der Waals surface area contributed by atoms with E-state index in [9.17, 15) is 9.79 Å². The molecule has 0 aromatic rings. The van der Waals surface area contributed by atoms with Crippen LogP contribution in [0, 0.1) is 23.7 Å².